The molecular weight excluding hydrogens is 991 g/mol. The van der Waals surface area contributed by atoms with E-state index in [0.717, 1.165) is 81.1 Å². The van der Waals surface area contributed by atoms with Crippen molar-refractivity contribution in [3.63, 3.8) is 0 Å². The SMILES string of the molecule is COc1cc2c(cc1O)[C@@H]1C[C@H](O)[C@H]3Cc4cc(O)c(OC)cc4[C@H]4C[C@H](OC(=O)C5(c6ccc7cc(O)cc(-c8cccc(CNC9CCCCC9)c8)c7c6)CCCCC5)C[C@@H](OC(C)=O)[C@@H](C2)[C@]1(/C=C/c1ccccc1)[C@H]34. The van der Waals surface area contributed by atoms with Crippen molar-refractivity contribution in [2.45, 2.75) is 151 Å². The number of esters is 2. The number of ether oxygens (including phenoxy) is 4. The van der Waals surface area contributed by atoms with Crippen molar-refractivity contribution in [1.82, 2.24) is 5.32 Å². The first-order chi connectivity index (χ1) is 38.3. The predicted molar refractivity (Wildman–Crippen MR) is 305 cm³/mol. The Morgan fingerprint density at radius 3 is 2.24 bits per heavy atom. The number of aliphatic hydroxyl groups excluding tert-OH is 1. The van der Waals surface area contributed by atoms with Crippen molar-refractivity contribution < 1.29 is 49.0 Å². The first-order valence-electron chi connectivity index (χ1n) is 29.1. The Bertz CT molecular complexity index is 3280. The molecule has 0 aromatic heterocycles. The third-order valence-electron chi connectivity index (χ3n) is 19.7. The average molecular weight is 1070 g/mol. The molecule has 4 saturated carbocycles. The molecular formula is C68H75NO10. The Morgan fingerprint density at radius 1 is 0.722 bits per heavy atom. The Balaban J connectivity index is 0.982. The van der Waals surface area contributed by atoms with Crippen molar-refractivity contribution in [3.8, 4) is 39.9 Å². The monoisotopic (exact) mass is 1070 g/mol. The molecule has 9 atom stereocenters. The lowest BCUT2D eigenvalue weighted by Gasteiger charge is -2.64. The first kappa shape index (κ1) is 52.9. The van der Waals surface area contributed by atoms with Crippen molar-refractivity contribution in [2.75, 3.05) is 14.2 Å². The van der Waals surface area contributed by atoms with Crippen molar-refractivity contribution >= 4 is 28.8 Å². The molecule has 11 heteroatoms. The molecule has 0 radical (unpaired) electrons. The fourth-order valence-corrected chi connectivity index (χ4v) is 16.2. The van der Waals surface area contributed by atoms with Crippen LogP contribution in [-0.4, -0.2) is 70.9 Å². The highest BCUT2D eigenvalue weighted by Gasteiger charge is 2.65. The molecule has 11 nitrogen and oxygen atoms in total. The van der Waals surface area contributed by atoms with Crippen LogP contribution in [0.1, 0.15) is 141 Å². The summed E-state index contributed by atoms with van der Waals surface area (Å²) >= 11 is 0. The van der Waals surface area contributed by atoms with Crippen molar-refractivity contribution in [3.05, 3.63) is 154 Å². The number of rotatable bonds is 12. The normalized spacial score (nSPS) is 27.1. The van der Waals surface area contributed by atoms with Gasteiger partial charge in [-0.1, -0.05) is 111 Å². The molecule has 412 valence electrons. The minimum atomic E-state index is -0.995. The van der Waals surface area contributed by atoms with E-state index in [9.17, 15) is 25.2 Å². The summed E-state index contributed by atoms with van der Waals surface area (Å²) in [7, 11) is 3.09. The fraction of sp³-hybridized carbons (Fsp3) is 0.441. The molecule has 6 aliphatic rings. The van der Waals surface area contributed by atoms with Gasteiger partial charge in [-0.3, -0.25) is 9.59 Å². The third kappa shape index (κ3) is 9.72. The zero-order valence-electron chi connectivity index (χ0n) is 45.8. The van der Waals surface area contributed by atoms with Gasteiger partial charge in [-0.25, -0.2) is 0 Å². The van der Waals surface area contributed by atoms with Gasteiger partial charge in [-0.2, -0.15) is 0 Å². The van der Waals surface area contributed by atoms with Crippen LogP contribution in [0.2, 0.25) is 0 Å². The molecule has 6 aliphatic carbocycles. The summed E-state index contributed by atoms with van der Waals surface area (Å²) in [5.74, 6) is -1.52. The molecule has 5 N–H and O–H groups in total. The largest absolute Gasteiger partial charge is 0.508 e. The molecule has 12 rings (SSSR count). The minimum Gasteiger partial charge on any atom is -0.508 e. The van der Waals surface area contributed by atoms with Crippen LogP contribution in [0, 0.1) is 23.2 Å². The number of phenolic OH excluding ortho intramolecular Hbond substituents is 3. The van der Waals surface area contributed by atoms with Crippen LogP contribution in [0.5, 0.6) is 28.7 Å². The van der Waals surface area contributed by atoms with Gasteiger partial charge >= 0.3 is 11.9 Å². The second-order valence-electron chi connectivity index (χ2n) is 24.0. The Morgan fingerprint density at radius 2 is 1.47 bits per heavy atom. The molecule has 0 saturated heterocycles. The molecule has 79 heavy (non-hydrogen) atoms. The maximum absolute atomic E-state index is 16.0. The molecule has 6 aromatic carbocycles. The number of hydrogen-bond donors (Lipinski definition) is 5. The summed E-state index contributed by atoms with van der Waals surface area (Å²) in [4.78, 5) is 29.7. The van der Waals surface area contributed by atoms with Gasteiger partial charge in [0.1, 0.15) is 18.0 Å². The quantitative estimate of drug-likeness (QED) is 0.0741. The maximum atomic E-state index is 16.0. The van der Waals surface area contributed by atoms with E-state index in [1.165, 1.54) is 51.7 Å². The summed E-state index contributed by atoms with van der Waals surface area (Å²) in [6, 6.07) is 36.5. The molecule has 0 unspecified atom stereocenters. The predicted octanol–water partition coefficient (Wildman–Crippen LogP) is 12.9. The van der Waals surface area contributed by atoms with Crippen LogP contribution in [0.25, 0.3) is 28.0 Å². The van der Waals surface area contributed by atoms with Gasteiger partial charge in [0.15, 0.2) is 23.0 Å². The van der Waals surface area contributed by atoms with Crippen molar-refractivity contribution in [1.29, 1.82) is 0 Å². The molecule has 0 bridgehead atoms. The van der Waals surface area contributed by atoms with E-state index in [0.29, 0.717) is 56.1 Å². The van der Waals surface area contributed by atoms with Gasteiger partial charge in [0.25, 0.3) is 0 Å². The highest BCUT2D eigenvalue weighted by atomic mass is 16.6. The van der Waals surface area contributed by atoms with E-state index in [4.69, 9.17) is 18.9 Å². The second kappa shape index (κ2) is 21.7. The van der Waals surface area contributed by atoms with Crippen LogP contribution in [0.4, 0.5) is 0 Å². The number of aromatic hydroxyl groups is 3. The maximum Gasteiger partial charge on any atom is 0.316 e. The van der Waals surface area contributed by atoms with E-state index in [-0.39, 0.29) is 59.2 Å². The molecule has 6 aromatic rings. The van der Waals surface area contributed by atoms with Gasteiger partial charge in [0, 0.05) is 37.3 Å². The smallest absolute Gasteiger partial charge is 0.316 e. The number of nitrogens with one attached hydrogen (secondary N) is 1. The van der Waals surface area contributed by atoms with E-state index in [1.54, 1.807) is 19.2 Å². The molecule has 0 aliphatic heterocycles. The molecule has 0 amide bonds. The van der Waals surface area contributed by atoms with Crippen LogP contribution < -0.4 is 14.8 Å². The van der Waals surface area contributed by atoms with E-state index in [2.05, 4.69) is 59.9 Å². The number of aliphatic hydroxyl groups is 1. The third-order valence-corrected chi connectivity index (χ3v) is 19.7. The van der Waals surface area contributed by atoms with Crippen molar-refractivity contribution in [2.24, 2.45) is 23.2 Å². The number of allylic oxidation sites excluding steroid dienone is 1. The number of methoxy groups -OCH3 is 2. The Hall–Kier alpha value is -6.82. The number of fused-ring (bicyclic) bond motifs is 5. The van der Waals surface area contributed by atoms with Crippen LogP contribution in [0.15, 0.2) is 115 Å². The van der Waals surface area contributed by atoms with E-state index in [1.807, 2.05) is 54.6 Å². The van der Waals surface area contributed by atoms with E-state index < -0.39 is 35.1 Å². The lowest BCUT2D eigenvalue weighted by atomic mass is 9.40. The lowest BCUT2D eigenvalue weighted by Crippen LogP contribution is -2.62. The van der Waals surface area contributed by atoms with Gasteiger partial charge in [-0.05, 0) is 184 Å². The minimum absolute atomic E-state index is 0.0165. The Kier molecular flexibility index (Phi) is 14.5. The summed E-state index contributed by atoms with van der Waals surface area (Å²) in [6.07, 6.45) is 14.2. The zero-order chi connectivity index (χ0) is 54.6. The number of carbonyl (C=O) groups is 2. The molecule has 4 fully saturated rings. The van der Waals surface area contributed by atoms with Gasteiger partial charge in [0.05, 0.1) is 25.7 Å². The van der Waals surface area contributed by atoms with Gasteiger partial charge in [-0.15, -0.1) is 0 Å². The topological polar surface area (TPSA) is 164 Å². The second-order valence-corrected chi connectivity index (χ2v) is 24.0. The first-order valence-corrected chi connectivity index (χ1v) is 29.1. The molecule has 0 heterocycles. The number of hydrogen-bond acceptors (Lipinski definition) is 11. The van der Waals surface area contributed by atoms with Crippen LogP contribution >= 0.6 is 0 Å². The number of phenols is 3. The van der Waals surface area contributed by atoms with Gasteiger partial charge < -0.3 is 44.7 Å². The van der Waals surface area contributed by atoms with Gasteiger partial charge in [0.2, 0.25) is 0 Å². The summed E-state index contributed by atoms with van der Waals surface area (Å²) < 4.78 is 25.4. The molecule has 0 spiro atoms. The number of carbonyl (C=O) groups excluding carboxylic acids is 2. The van der Waals surface area contributed by atoms with Crippen LogP contribution in [0.3, 0.4) is 0 Å². The highest BCUT2D eigenvalue weighted by Crippen LogP contribution is 2.70. The van der Waals surface area contributed by atoms with Crippen LogP contribution in [-0.2, 0) is 43.9 Å². The fourth-order valence-electron chi connectivity index (χ4n) is 16.2. The highest BCUT2D eigenvalue weighted by molar-refractivity contribution is 5.99. The summed E-state index contributed by atoms with van der Waals surface area (Å²) in [6.45, 7) is 2.21. The zero-order valence-corrected chi connectivity index (χ0v) is 45.8. The lowest BCUT2D eigenvalue weighted by molar-refractivity contribution is -0.178. The van der Waals surface area contributed by atoms with E-state index >= 15 is 4.79 Å². The average Bonchev–Trinajstić information content (AvgIpc) is 3.34. The Labute approximate surface area is 464 Å². The summed E-state index contributed by atoms with van der Waals surface area (Å²) in [5.41, 5.74) is 6.92. The number of benzene rings is 6. The summed E-state index contributed by atoms with van der Waals surface area (Å²) in [5, 5.41) is 52.5. The standard InChI is InChI=1S/C68H75NO10/c1-40(70)78-62-35-50(79-66(75)67(23-11-6-12-24-67)47-21-20-44-27-49(71)33-52(51(44)32-47)43-17-13-16-42(26-43)39-69-48-18-9-5-10-19-48)34-55-53-37-64(77-3)60(73)30-45(53)28-56-59(72)38-57-54-36-61(74)63(76-2)31-46(54)29-58(62)68(57,65(55)56)25-22-41-14-7-4-8-15-41/h4,7-8,13-17,20-22,25-27,30-33,36-37,48,50,55-59,62,65,69,71-74H,5-6,9-12,18-19,23-24,28-29,34-35,38-39H2,1-3H3/b25-22+/t50-,55+,56+,57-,58+,59-,62+,65-,68+/m0/s1.